The summed E-state index contributed by atoms with van der Waals surface area (Å²) in [6.07, 6.45) is 0. The first-order valence-electron chi connectivity index (χ1n) is 11.8. The summed E-state index contributed by atoms with van der Waals surface area (Å²) in [6, 6.07) is 23.9. The highest BCUT2D eigenvalue weighted by molar-refractivity contribution is 7.80. The fourth-order valence-corrected chi connectivity index (χ4v) is 4.45. The number of nitrogens with zero attached hydrogens (tertiary/aromatic N) is 4. The average Bonchev–Trinajstić information content (AvgIpc) is 3.37. The molecule has 184 valence electrons. The number of hydrogen-bond acceptors (Lipinski definition) is 6. The number of aryl methyl sites for hydroxylation is 1. The second kappa shape index (κ2) is 11.0. The molecule has 2 aromatic heterocycles. The van der Waals surface area contributed by atoms with Gasteiger partial charge in [0.2, 0.25) is 5.95 Å². The zero-order chi connectivity index (χ0) is 24.9. The number of piperazine rings is 1. The predicted octanol–water partition coefficient (Wildman–Crippen LogP) is 5.51. The van der Waals surface area contributed by atoms with Crippen LogP contribution in [-0.2, 0) is 6.54 Å². The van der Waals surface area contributed by atoms with Crippen LogP contribution >= 0.6 is 23.8 Å². The Morgan fingerprint density at radius 2 is 1.67 bits per heavy atom. The quantitative estimate of drug-likeness (QED) is 0.324. The van der Waals surface area contributed by atoms with Crippen LogP contribution in [0.4, 0.5) is 17.5 Å². The summed E-state index contributed by atoms with van der Waals surface area (Å²) in [6.45, 7) is 6.07. The lowest BCUT2D eigenvalue weighted by Gasteiger charge is -2.36. The topological polar surface area (TPSA) is 69.5 Å². The summed E-state index contributed by atoms with van der Waals surface area (Å²) in [5, 5.41) is 7.41. The van der Waals surface area contributed by atoms with E-state index in [0.29, 0.717) is 22.6 Å². The number of nitrogens with one attached hydrogen (secondary N) is 2. The van der Waals surface area contributed by atoms with E-state index in [1.54, 1.807) is 0 Å². The van der Waals surface area contributed by atoms with E-state index in [0.717, 1.165) is 54.8 Å². The molecule has 9 heteroatoms. The molecule has 0 aliphatic carbocycles. The van der Waals surface area contributed by atoms with E-state index in [9.17, 15) is 0 Å². The van der Waals surface area contributed by atoms with Crippen molar-refractivity contribution in [1.29, 1.82) is 0 Å². The van der Waals surface area contributed by atoms with E-state index in [-0.39, 0.29) is 0 Å². The van der Waals surface area contributed by atoms with Crippen molar-refractivity contribution in [3.8, 4) is 11.3 Å². The molecular formula is C27H27ClN6OS. The summed E-state index contributed by atoms with van der Waals surface area (Å²) in [4.78, 5) is 13.9. The highest BCUT2D eigenvalue weighted by Gasteiger charge is 2.19. The van der Waals surface area contributed by atoms with Crippen LogP contribution in [0.2, 0.25) is 5.02 Å². The third kappa shape index (κ3) is 5.95. The van der Waals surface area contributed by atoms with Crippen LogP contribution in [0.5, 0.6) is 0 Å². The maximum Gasteiger partial charge on any atom is 0.231 e. The van der Waals surface area contributed by atoms with Gasteiger partial charge >= 0.3 is 0 Å². The van der Waals surface area contributed by atoms with Crippen LogP contribution in [0.1, 0.15) is 11.5 Å². The Labute approximate surface area is 221 Å². The van der Waals surface area contributed by atoms with Gasteiger partial charge in [-0.05, 0) is 67.7 Å². The molecule has 1 saturated heterocycles. The molecule has 1 fully saturated rings. The lowest BCUT2D eigenvalue weighted by Crippen LogP contribution is -2.47. The number of halogens is 1. The molecule has 0 bridgehead atoms. The molecule has 0 radical (unpaired) electrons. The molecule has 0 unspecified atom stereocenters. The van der Waals surface area contributed by atoms with Gasteiger partial charge in [-0.2, -0.15) is 4.98 Å². The van der Waals surface area contributed by atoms with E-state index in [1.807, 2.05) is 55.5 Å². The number of para-hydroxylation sites is 1. The monoisotopic (exact) mass is 518 g/mol. The van der Waals surface area contributed by atoms with Crippen LogP contribution in [0.15, 0.2) is 77.2 Å². The molecule has 3 heterocycles. The van der Waals surface area contributed by atoms with Crippen molar-refractivity contribution in [2.45, 2.75) is 13.5 Å². The Bertz CT molecular complexity index is 1320. The molecule has 0 saturated carbocycles. The van der Waals surface area contributed by atoms with Gasteiger partial charge in [-0.1, -0.05) is 29.8 Å². The Balaban J connectivity index is 1.16. The van der Waals surface area contributed by atoms with E-state index in [2.05, 4.69) is 49.7 Å². The molecule has 5 rings (SSSR count). The minimum absolute atomic E-state index is 0.435. The Kier molecular flexibility index (Phi) is 7.34. The van der Waals surface area contributed by atoms with E-state index >= 15 is 0 Å². The first kappa shape index (κ1) is 24.1. The lowest BCUT2D eigenvalue weighted by molar-refractivity contribution is 0.516. The van der Waals surface area contributed by atoms with Crippen molar-refractivity contribution in [3.05, 3.63) is 89.3 Å². The minimum atomic E-state index is 0.435. The van der Waals surface area contributed by atoms with E-state index < -0.39 is 0 Å². The molecule has 1 aliphatic heterocycles. The number of thiocarbonyl (C=S) groups is 1. The van der Waals surface area contributed by atoms with Gasteiger partial charge < -0.3 is 24.9 Å². The lowest BCUT2D eigenvalue weighted by atomic mass is 10.2. The predicted molar refractivity (Wildman–Crippen MR) is 150 cm³/mol. The molecule has 0 spiro atoms. The van der Waals surface area contributed by atoms with Gasteiger partial charge in [0.1, 0.15) is 17.3 Å². The zero-order valence-electron chi connectivity index (χ0n) is 19.9. The van der Waals surface area contributed by atoms with Crippen molar-refractivity contribution in [1.82, 2.24) is 15.3 Å². The van der Waals surface area contributed by atoms with Gasteiger partial charge in [0, 0.05) is 54.2 Å². The largest absolute Gasteiger partial charge is 0.459 e. The fourth-order valence-electron chi connectivity index (χ4n) is 4.16. The molecule has 0 atom stereocenters. The second-order valence-electron chi connectivity index (χ2n) is 8.58. The third-order valence-electron chi connectivity index (χ3n) is 6.00. The number of aromatic nitrogens is 2. The Hall–Kier alpha value is -3.62. The average molecular weight is 519 g/mol. The standard InChI is InChI=1S/C27H27ClN6OS/c1-19-17-25(34-15-13-33(14-16-34)22-5-3-2-4-6-22)31-26(30-19)32-27(36)29-18-23-11-12-24(35-23)20-7-9-21(28)10-8-20/h2-12,17H,13-16,18H2,1H3,(H2,29,30,31,32,36). The smallest absolute Gasteiger partial charge is 0.231 e. The van der Waals surface area contributed by atoms with Crippen LogP contribution in [0.25, 0.3) is 11.3 Å². The number of anilines is 3. The Morgan fingerprint density at radius 1 is 0.944 bits per heavy atom. The molecule has 2 aromatic carbocycles. The summed E-state index contributed by atoms with van der Waals surface area (Å²) >= 11 is 11.5. The maximum absolute atomic E-state index is 5.97. The van der Waals surface area contributed by atoms with Gasteiger partial charge in [-0.25, -0.2) is 4.98 Å². The maximum atomic E-state index is 5.97. The van der Waals surface area contributed by atoms with E-state index in [4.69, 9.17) is 33.2 Å². The fraction of sp³-hybridized carbons (Fsp3) is 0.222. The van der Waals surface area contributed by atoms with Gasteiger partial charge in [-0.3, -0.25) is 0 Å². The third-order valence-corrected chi connectivity index (χ3v) is 6.50. The summed E-state index contributed by atoms with van der Waals surface area (Å²) in [5.41, 5.74) is 3.11. The number of furan rings is 1. The molecular weight excluding hydrogens is 492 g/mol. The van der Waals surface area contributed by atoms with Crippen LogP contribution in [-0.4, -0.2) is 41.3 Å². The van der Waals surface area contributed by atoms with Crippen LogP contribution in [0.3, 0.4) is 0 Å². The molecule has 2 N–H and O–H groups in total. The number of hydrogen-bond donors (Lipinski definition) is 2. The van der Waals surface area contributed by atoms with Gasteiger partial charge in [0.15, 0.2) is 5.11 Å². The van der Waals surface area contributed by atoms with Crippen LogP contribution in [0, 0.1) is 6.92 Å². The highest BCUT2D eigenvalue weighted by atomic mass is 35.5. The first-order valence-corrected chi connectivity index (χ1v) is 12.6. The molecule has 1 aliphatic rings. The molecule has 0 amide bonds. The number of benzene rings is 2. The van der Waals surface area contributed by atoms with Gasteiger partial charge in [0.25, 0.3) is 0 Å². The zero-order valence-corrected chi connectivity index (χ0v) is 21.5. The normalized spacial score (nSPS) is 13.5. The van der Waals surface area contributed by atoms with Crippen molar-refractivity contribution < 1.29 is 4.42 Å². The first-order chi connectivity index (χ1) is 17.5. The van der Waals surface area contributed by atoms with Crippen molar-refractivity contribution in [2.24, 2.45) is 0 Å². The summed E-state index contributed by atoms with van der Waals surface area (Å²) in [5.74, 6) is 2.93. The van der Waals surface area contributed by atoms with Crippen LogP contribution < -0.4 is 20.4 Å². The molecule has 7 nitrogen and oxygen atoms in total. The van der Waals surface area contributed by atoms with Crippen molar-refractivity contribution in [3.63, 3.8) is 0 Å². The van der Waals surface area contributed by atoms with E-state index in [1.165, 1.54) is 5.69 Å². The second-order valence-corrected chi connectivity index (χ2v) is 9.43. The summed E-state index contributed by atoms with van der Waals surface area (Å²) in [7, 11) is 0. The Morgan fingerprint density at radius 3 is 2.42 bits per heavy atom. The number of rotatable bonds is 6. The summed E-state index contributed by atoms with van der Waals surface area (Å²) < 4.78 is 5.93. The van der Waals surface area contributed by atoms with Gasteiger partial charge in [-0.15, -0.1) is 0 Å². The van der Waals surface area contributed by atoms with Crippen molar-refractivity contribution in [2.75, 3.05) is 41.3 Å². The minimum Gasteiger partial charge on any atom is -0.459 e. The van der Waals surface area contributed by atoms with Crippen molar-refractivity contribution >= 4 is 46.4 Å². The molecule has 4 aromatic rings. The highest BCUT2D eigenvalue weighted by Crippen LogP contribution is 2.24. The van der Waals surface area contributed by atoms with Gasteiger partial charge in [0.05, 0.1) is 6.54 Å². The molecule has 36 heavy (non-hydrogen) atoms. The SMILES string of the molecule is Cc1cc(N2CCN(c3ccccc3)CC2)nc(NC(=S)NCc2ccc(-c3ccc(Cl)cc3)o2)n1.